The van der Waals surface area contributed by atoms with Crippen LogP contribution in [0, 0.1) is 11.3 Å². The van der Waals surface area contributed by atoms with E-state index in [1.807, 2.05) is 0 Å². The highest BCUT2D eigenvalue weighted by Gasteiger charge is 2.33. The summed E-state index contributed by atoms with van der Waals surface area (Å²) in [4.78, 5) is 8.41. The molecule has 50 valence electrons. The Labute approximate surface area is 57.9 Å². The summed E-state index contributed by atoms with van der Waals surface area (Å²) in [5, 5.41) is 16.5. The highest BCUT2D eigenvalue weighted by atomic mass is 35.5. The van der Waals surface area contributed by atoms with E-state index in [0.29, 0.717) is 0 Å². The molecule has 0 aromatic rings. The average molecular weight is 148 g/mol. The molecule has 0 aromatic carbocycles. The van der Waals surface area contributed by atoms with E-state index in [0.717, 1.165) is 0 Å². The van der Waals surface area contributed by atoms with E-state index in [1.165, 1.54) is 6.07 Å². The van der Waals surface area contributed by atoms with Gasteiger partial charge in [-0.15, -0.1) is 0 Å². The lowest BCUT2D eigenvalue weighted by Gasteiger charge is -2.07. The second-order valence-electron chi connectivity index (χ2n) is 1.57. The Morgan fingerprint density at radius 2 is 2.44 bits per heavy atom. The lowest BCUT2D eigenvalue weighted by molar-refractivity contribution is -0.138. The normalized spacial score (nSPS) is 15.7. The lowest BCUT2D eigenvalue weighted by atomic mass is 10.1. The second kappa shape index (κ2) is 2.70. The zero-order valence-corrected chi connectivity index (χ0v) is 5.64. The number of nitriles is 1. The van der Waals surface area contributed by atoms with E-state index in [4.69, 9.17) is 22.0 Å². The molecule has 0 aliphatic rings. The maximum atomic E-state index is 10.1. The fourth-order valence-corrected chi connectivity index (χ4v) is 0.278. The zero-order valence-electron chi connectivity index (χ0n) is 4.89. The first-order valence-corrected chi connectivity index (χ1v) is 2.78. The molecular weight excluding hydrogens is 142 g/mol. The molecule has 4 heteroatoms. The SMILES string of the molecule is CCC(Cl)(C#N)C(=O)O. The number of aliphatic carboxylic acids is 1. The average Bonchev–Trinajstić information content (AvgIpc) is 1.86. The predicted octanol–water partition coefficient (Wildman–Crippen LogP) is 0.982. The predicted molar refractivity (Wildman–Crippen MR) is 32.1 cm³/mol. The smallest absolute Gasteiger partial charge is 0.339 e. The molecule has 0 saturated heterocycles. The van der Waals surface area contributed by atoms with Gasteiger partial charge in [0.05, 0.1) is 6.07 Å². The highest BCUT2D eigenvalue weighted by molar-refractivity contribution is 6.35. The lowest BCUT2D eigenvalue weighted by Crippen LogP contribution is -2.29. The maximum absolute atomic E-state index is 10.1. The number of carboxylic acids is 1. The summed E-state index contributed by atoms with van der Waals surface area (Å²) in [5.74, 6) is -1.28. The molecule has 1 N–H and O–H groups in total. The van der Waals surface area contributed by atoms with Gasteiger partial charge in [-0.3, -0.25) is 0 Å². The van der Waals surface area contributed by atoms with Crippen LogP contribution in [0.2, 0.25) is 0 Å². The van der Waals surface area contributed by atoms with Crippen molar-refractivity contribution in [3.63, 3.8) is 0 Å². The summed E-state index contributed by atoms with van der Waals surface area (Å²) in [6, 6.07) is 1.49. The highest BCUT2D eigenvalue weighted by Crippen LogP contribution is 2.17. The number of hydrogen-bond donors (Lipinski definition) is 1. The van der Waals surface area contributed by atoms with Gasteiger partial charge in [-0.1, -0.05) is 18.5 Å². The van der Waals surface area contributed by atoms with Crippen LogP contribution in [-0.2, 0) is 4.79 Å². The minimum atomic E-state index is -1.72. The van der Waals surface area contributed by atoms with E-state index in [2.05, 4.69) is 0 Å². The zero-order chi connectivity index (χ0) is 7.49. The fraction of sp³-hybridized carbons (Fsp3) is 0.600. The first-order chi connectivity index (χ1) is 4.06. The van der Waals surface area contributed by atoms with Gasteiger partial charge in [-0.05, 0) is 6.42 Å². The Bertz CT molecular complexity index is 163. The number of halogens is 1. The van der Waals surface area contributed by atoms with Crippen molar-refractivity contribution in [2.24, 2.45) is 0 Å². The van der Waals surface area contributed by atoms with E-state index < -0.39 is 10.8 Å². The molecule has 9 heavy (non-hydrogen) atoms. The van der Waals surface area contributed by atoms with Crippen molar-refractivity contribution in [1.29, 1.82) is 5.26 Å². The molecule has 0 amide bonds. The van der Waals surface area contributed by atoms with E-state index in [9.17, 15) is 4.79 Å². The summed E-state index contributed by atoms with van der Waals surface area (Å²) >= 11 is 5.28. The topological polar surface area (TPSA) is 61.1 Å². The Hall–Kier alpha value is -0.750. The van der Waals surface area contributed by atoms with Crippen molar-refractivity contribution < 1.29 is 9.90 Å². The van der Waals surface area contributed by atoms with Crippen LogP contribution in [0.1, 0.15) is 13.3 Å². The summed E-state index contributed by atoms with van der Waals surface area (Å²) in [6.45, 7) is 1.55. The minimum absolute atomic E-state index is 0.111. The largest absolute Gasteiger partial charge is 0.479 e. The third-order valence-corrected chi connectivity index (χ3v) is 1.52. The Morgan fingerprint density at radius 3 is 2.44 bits per heavy atom. The summed E-state index contributed by atoms with van der Waals surface area (Å²) in [7, 11) is 0. The summed E-state index contributed by atoms with van der Waals surface area (Å²) < 4.78 is 0. The molecule has 0 rings (SSSR count). The Balaban J connectivity index is 4.33. The van der Waals surface area contributed by atoms with Gasteiger partial charge in [0.2, 0.25) is 4.87 Å². The van der Waals surface area contributed by atoms with Crippen LogP contribution in [0.5, 0.6) is 0 Å². The molecule has 0 saturated carbocycles. The Kier molecular flexibility index (Phi) is 2.47. The van der Waals surface area contributed by atoms with Gasteiger partial charge in [-0.2, -0.15) is 5.26 Å². The molecule has 0 aliphatic carbocycles. The van der Waals surface area contributed by atoms with Gasteiger partial charge < -0.3 is 5.11 Å². The van der Waals surface area contributed by atoms with Crippen molar-refractivity contribution in [2.45, 2.75) is 18.2 Å². The molecule has 3 nitrogen and oxygen atoms in total. The summed E-state index contributed by atoms with van der Waals surface area (Å²) in [6.07, 6.45) is 0.111. The van der Waals surface area contributed by atoms with Crippen molar-refractivity contribution >= 4 is 17.6 Å². The standard InChI is InChI=1S/C5H6ClNO2/c1-2-5(6,3-7)4(8)9/h2H2,1H3,(H,8,9). The number of alkyl halides is 1. The molecule has 1 unspecified atom stereocenters. The molecule has 0 radical (unpaired) electrons. The van der Waals surface area contributed by atoms with Gasteiger partial charge >= 0.3 is 5.97 Å². The molecule has 0 aromatic heterocycles. The first-order valence-electron chi connectivity index (χ1n) is 2.40. The van der Waals surface area contributed by atoms with Gasteiger partial charge in [-0.25, -0.2) is 4.79 Å². The fourth-order valence-electron chi connectivity index (χ4n) is 0.278. The van der Waals surface area contributed by atoms with Crippen LogP contribution in [0.25, 0.3) is 0 Å². The van der Waals surface area contributed by atoms with Crippen LogP contribution in [-0.4, -0.2) is 16.0 Å². The molecular formula is C5H6ClNO2. The van der Waals surface area contributed by atoms with Crippen molar-refractivity contribution in [3.8, 4) is 6.07 Å². The van der Waals surface area contributed by atoms with Crippen molar-refractivity contribution in [2.75, 3.05) is 0 Å². The van der Waals surface area contributed by atoms with Crippen LogP contribution in [0.4, 0.5) is 0 Å². The molecule has 0 bridgehead atoms. The molecule has 1 atom stereocenters. The Morgan fingerprint density at radius 1 is 2.00 bits per heavy atom. The number of carboxylic acid groups (broad SMARTS) is 1. The maximum Gasteiger partial charge on any atom is 0.339 e. The van der Waals surface area contributed by atoms with Crippen molar-refractivity contribution in [1.82, 2.24) is 0 Å². The van der Waals surface area contributed by atoms with Gasteiger partial charge in [0.25, 0.3) is 0 Å². The number of rotatable bonds is 2. The third-order valence-electron chi connectivity index (χ3n) is 1.00. The van der Waals surface area contributed by atoms with Crippen LogP contribution < -0.4 is 0 Å². The molecule has 0 fully saturated rings. The van der Waals surface area contributed by atoms with Crippen molar-refractivity contribution in [3.05, 3.63) is 0 Å². The third kappa shape index (κ3) is 1.58. The molecule has 0 heterocycles. The molecule has 0 spiro atoms. The summed E-state index contributed by atoms with van der Waals surface area (Å²) in [5.41, 5.74) is 0. The van der Waals surface area contributed by atoms with E-state index in [1.54, 1.807) is 6.92 Å². The number of nitrogens with zero attached hydrogens (tertiary/aromatic N) is 1. The monoisotopic (exact) mass is 147 g/mol. The van der Waals surface area contributed by atoms with Crippen LogP contribution in [0.15, 0.2) is 0 Å². The quantitative estimate of drug-likeness (QED) is 0.593. The van der Waals surface area contributed by atoms with Crippen LogP contribution >= 0.6 is 11.6 Å². The second-order valence-corrected chi connectivity index (χ2v) is 2.22. The number of carbonyl (C=O) groups is 1. The van der Waals surface area contributed by atoms with E-state index in [-0.39, 0.29) is 6.42 Å². The first kappa shape index (κ1) is 8.25. The van der Waals surface area contributed by atoms with Crippen LogP contribution in [0.3, 0.4) is 0 Å². The van der Waals surface area contributed by atoms with Gasteiger partial charge in [0.1, 0.15) is 0 Å². The van der Waals surface area contributed by atoms with E-state index >= 15 is 0 Å². The minimum Gasteiger partial charge on any atom is -0.479 e. The molecule has 0 aliphatic heterocycles. The number of hydrogen-bond acceptors (Lipinski definition) is 2. The van der Waals surface area contributed by atoms with Gasteiger partial charge in [0, 0.05) is 0 Å². The van der Waals surface area contributed by atoms with Gasteiger partial charge in [0.15, 0.2) is 0 Å².